The lowest BCUT2D eigenvalue weighted by atomic mass is 9.85. The van der Waals surface area contributed by atoms with Gasteiger partial charge in [0.05, 0.1) is 16.6 Å². The van der Waals surface area contributed by atoms with Crippen LogP contribution in [-0.4, -0.2) is 73.1 Å². The molecular formula is C24H30N2O5S. The highest BCUT2D eigenvalue weighted by atomic mass is 32.2. The zero-order valence-corrected chi connectivity index (χ0v) is 18.9. The number of amides is 1. The molecule has 1 N–H and O–H groups in total. The van der Waals surface area contributed by atoms with Gasteiger partial charge in [0.25, 0.3) is 0 Å². The van der Waals surface area contributed by atoms with E-state index in [0.717, 1.165) is 5.56 Å². The summed E-state index contributed by atoms with van der Waals surface area (Å²) in [6.07, 6.45) is 1.91. The molecule has 0 aliphatic carbocycles. The van der Waals surface area contributed by atoms with Crippen molar-refractivity contribution in [2.45, 2.75) is 42.3 Å². The quantitative estimate of drug-likeness (QED) is 0.686. The number of sulfonamides is 1. The maximum absolute atomic E-state index is 12.7. The lowest BCUT2D eigenvalue weighted by Crippen LogP contribution is -2.48. The molecule has 32 heavy (non-hydrogen) atoms. The van der Waals surface area contributed by atoms with Gasteiger partial charge in [-0.1, -0.05) is 48.5 Å². The summed E-state index contributed by atoms with van der Waals surface area (Å²) in [5.41, 5.74) is 0.297. The van der Waals surface area contributed by atoms with E-state index in [1.54, 1.807) is 35.2 Å². The van der Waals surface area contributed by atoms with Crippen molar-refractivity contribution in [3.05, 3.63) is 66.2 Å². The van der Waals surface area contributed by atoms with Crippen LogP contribution in [0.25, 0.3) is 0 Å². The van der Waals surface area contributed by atoms with Crippen LogP contribution in [0.1, 0.15) is 24.8 Å². The fourth-order valence-corrected chi connectivity index (χ4v) is 5.91. The third kappa shape index (κ3) is 5.38. The fourth-order valence-electron chi connectivity index (χ4n) is 4.40. The molecule has 7 nitrogen and oxygen atoms in total. The van der Waals surface area contributed by atoms with Crippen LogP contribution in [0, 0.1) is 0 Å². The molecule has 2 aromatic carbocycles. The van der Waals surface area contributed by atoms with Crippen LogP contribution in [0.5, 0.6) is 0 Å². The van der Waals surface area contributed by atoms with Crippen molar-refractivity contribution in [3.8, 4) is 0 Å². The van der Waals surface area contributed by atoms with Crippen LogP contribution in [0.2, 0.25) is 0 Å². The first-order valence-electron chi connectivity index (χ1n) is 11.1. The SMILES string of the molecule is O=C(COC1CCN(S(=O)(=O)c2ccccc2)C1)N1CCC(O)(Cc2ccccc2)CC1. The van der Waals surface area contributed by atoms with Crippen LogP contribution in [-0.2, 0) is 26.0 Å². The topological polar surface area (TPSA) is 87.2 Å². The highest BCUT2D eigenvalue weighted by Crippen LogP contribution is 2.27. The van der Waals surface area contributed by atoms with Gasteiger partial charge in [-0.2, -0.15) is 4.31 Å². The van der Waals surface area contributed by atoms with Gasteiger partial charge >= 0.3 is 0 Å². The van der Waals surface area contributed by atoms with E-state index in [1.165, 1.54) is 4.31 Å². The Kier molecular flexibility index (Phi) is 6.95. The Balaban J connectivity index is 1.23. The Hall–Kier alpha value is -2.26. The molecule has 0 bridgehead atoms. The summed E-state index contributed by atoms with van der Waals surface area (Å²) in [7, 11) is -3.54. The third-order valence-electron chi connectivity index (χ3n) is 6.35. The smallest absolute Gasteiger partial charge is 0.248 e. The number of carbonyl (C=O) groups is 1. The number of benzene rings is 2. The molecule has 0 radical (unpaired) electrons. The van der Waals surface area contributed by atoms with Gasteiger partial charge in [0.2, 0.25) is 15.9 Å². The lowest BCUT2D eigenvalue weighted by Gasteiger charge is -2.38. The van der Waals surface area contributed by atoms with Gasteiger partial charge < -0.3 is 14.7 Å². The summed E-state index contributed by atoms with van der Waals surface area (Å²) >= 11 is 0. The van der Waals surface area contributed by atoms with Crippen molar-refractivity contribution >= 4 is 15.9 Å². The first-order valence-corrected chi connectivity index (χ1v) is 12.5. The number of hydrogen-bond donors (Lipinski definition) is 1. The molecule has 2 saturated heterocycles. The van der Waals surface area contributed by atoms with E-state index in [9.17, 15) is 18.3 Å². The second-order valence-corrected chi connectivity index (χ2v) is 10.6. The molecule has 1 amide bonds. The van der Waals surface area contributed by atoms with Gasteiger partial charge in [0.15, 0.2) is 0 Å². The predicted molar refractivity (Wildman–Crippen MR) is 120 cm³/mol. The predicted octanol–water partition coefficient (Wildman–Crippen LogP) is 2.06. The zero-order valence-electron chi connectivity index (χ0n) is 18.1. The number of likely N-dealkylation sites (tertiary alicyclic amines) is 1. The Morgan fingerprint density at radius 3 is 2.28 bits per heavy atom. The molecule has 2 fully saturated rings. The number of carbonyl (C=O) groups excluding carboxylic acids is 1. The van der Waals surface area contributed by atoms with Crippen molar-refractivity contribution in [2.75, 3.05) is 32.8 Å². The average molecular weight is 459 g/mol. The highest BCUT2D eigenvalue weighted by Gasteiger charge is 2.36. The van der Waals surface area contributed by atoms with Crippen LogP contribution >= 0.6 is 0 Å². The lowest BCUT2D eigenvalue weighted by molar-refractivity contribution is -0.142. The van der Waals surface area contributed by atoms with E-state index in [2.05, 4.69) is 0 Å². The van der Waals surface area contributed by atoms with Crippen molar-refractivity contribution < 1.29 is 23.1 Å². The summed E-state index contributed by atoms with van der Waals surface area (Å²) in [5.74, 6) is -0.115. The van der Waals surface area contributed by atoms with Gasteiger partial charge in [0, 0.05) is 32.6 Å². The molecule has 2 aromatic rings. The minimum Gasteiger partial charge on any atom is -0.389 e. The molecule has 1 atom stereocenters. The zero-order chi connectivity index (χ0) is 22.6. The standard InChI is InChI=1S/C24H30N2O5S/c27-23(25-15-12-24(28,13-16-25)17-20-7-3-1-4-8-20)19-31-21-11-14-26(18-21)32(29,30)22-9-5-2-6-10-22/h1-10,21,28H,11-19H2. The van der Waals surface area contributed by atoms with Crippen LogP contribution < -0.4 is 0 Å². The Morgan fingerprint density at radius 1 is 1.00 bits per heavy atom. The Labute approximate surface area is 189 Å². The van der Waals surface area contributed by atoms with E-state index in [4.69, 9.17) is 4.74 Å². The van der Waals surface area contributed by atoms with E-state index < -0.39 is 15.6 Å². The van der Waals surface area contributed by atoms with Gasteiger partial charge in [-0.3, -0.25) is 4.79 Å². The molecule has 0 saturated carbocycles. The summed E-state index contributed by atoms with van der Waals surface area (Å²) in [6.45, 7) is 1.55. The number of ether oxygens (including phenoxy) is 1. The molecule has 2 aliphatic rings. The summed E-state index contributed by atoms with van der Waals surface area (Å²) in [6, 6.07) is 18.3. The van der Waals surface area contributed by atoms with Crippen molar-refractivity contribution in [1.29, 1.82) is 0 Å². The van der Waals surface area contributed by atoms with Crippen LogP contribution in [0.15, 0.2) is 65.6 Å². The number of aliphatic hydroxyl groups is 1. The largest absolute Gasteiger partial charge is 0.389 e. The molecular weight excluding hydrogens is 428 g/mol. The number of hydrogen-bond acceptors (Lipinski definition) is 5. The minimum absolute atomic E-state index is 0.0684. The monoisotopic (exact) mass is 458 g/mol. The van der Waals surface area contributed by atoms with E-state index in [0.29, 0.717) is 45.3 Å². The molecule has 8 heteroatoms. The normalized spacial score (nSPS) is 21.5. The minimum atomic E-state index is -3.54. The van der Waals surface area contributed by atoms with Gasteiger partial charge in [-0.05, 0) is 37.0 Å². The molecule has 4 rings (SSSR count). The average Bonchev–Trinajstić information content (AvgIpc) is 3.29. The fraction of sp³-hybridized carbons (Fsp3) is 0.458. The van der Waals surface area contributed by atoms with E-state index in [-0.39, 0.29) is 30.1 Å². The summed E-state index contributed by atoms with van der Waals surface area (Å²) in [4.78, 5) is 14.6. The van der Waals surface area contributed by atoms with E-state index >= 15 is 0 Å². The van der Waals surface area contributed by atoms with Crippen LogP contribution in [0.3, 0.4) is 0 Å². The first kappa shape index (κ1) is 22.9. The summed E-state index contributed by atoms with van der Waals surface area (Å²) in [5, 5.41) is 10.9. The number of piperidine rings is 1. The molecule has 1 unspecified atom stereocenters. The number of nitrogens with zero attached hydrogens (tertiary/aromatic N) is 2. The number of rotatable bonds is 7. The molecule has 172 valence electrons. The van der Waals surface area contributed by atoms with Gasteiger partial charge in [-0.15, -0.1) is 0 Å². The maximum Gasteiger partial charge on any atom is 0.248 e. The first-order chi connectivity index (χ1) is 15.4. The Bertz CT molecular complexity index is 1010. The van der Waals surface area contributed by atoms with Crippen LogP contribution in [0.4, 0.5) is 0 Å². The second-order valence-electron chi connectivity index (χ2n) is 8.67. The molecule has 2 heterocycles. The van der Waals surface area contributed by atoms with Gasteiger partial charge in [0.1, 0.15) is 6.61 Å². The van der Waals surface area contributed by atoms with Crippen molar-refractivity contribution in [3.63, 3.8) is 0 Å². The molecule has 0 spiro atoms. The molecule has 0 aromatic heterocycles. The maximum atomic E-state index is 12.7. The molecule has 2 aliphatic heterocycles. The summed E-state index contributed by atoms with van der Waals surface area (Å²) < 4.78 is 32.6. The van der Waals surface area contributed by atoms with Crippen molar-refractivity contribution in [2.24, 2.45) is 0 Å². The van der Waals surface area contributed by atoms with E-state index in [1.807, 2.05) is 30.3 Å². The third-order valence-corrected chi connectivity index (χ3v) is 8.23. The highest BCUT2D eigenvalue weighted by molar-refractivity contribution is 7.89. The second kappa shape index (κ2) is 9.70. The van der Waals surface area contributed by atoms with Crippen molar-refractivity contribution in [1.82, 2.24) is 9.21 Å². The Morgan fingerprint density at radius 2 is 1.62 bits per heavy atom. The van der Waals surface area contributed by atoms with Gasteiger partial charge in [-0.25, -0.2) is 8.42 Å².